The van der Waals surface area contributed by atoms with Gasteiger partial charge in [0.1, 0.15) is 5.03 Å². The first-order valence-electron chi connectivity index (χ1n) is 5.16. The Hall–Kier alpha value is -0.680. The minimum Gasteiger partial charge on any atom is -0.396 e. The standard InChI is InChI=1S/C10H19N3OS/c1-7(2)13-10(15-6-4-5-14)9(11)8(3)12-13/h7,14H,4-6,11H2,1-3H3. The van der Waals surface area contributed by atoms with Crippen molar-refractivity contribution in [1.82, 2.24) is 9.78 Å². The molecule has 0 aliphatic rings. The number of thioether (sulfide) groups is 1. The number of aromatic nitrogens is 2. The molecule has 0 aliphatic heterocycles. The quantitative estimate of drug-likeness (QED) is 0.597. The number of anilines is 1. The second kappa shape index (κ2) is 5.42. The van der Waals surface area contributed by atoms with E-state index in [1.807, 2.05) is 11.6 Å². The van der Waals surface area contributed by atoms with E-state index in [2.05, 4.69) is 18.9 Å². The van der Waals surface area contributed by atoms with Crippen molar-refractivity contribution >= 4 is 17.4 Å². The highest BCUT2D eigenvalue weighted by molar-refractivity contribution is 7.99. The molecule has 0 aliphatic carbocycles. The Morgan fingerprint density at radius 3 is 2.73 bits per heavy atom. The molecular weight excluding hydrogens is 210 g/mol. The fraction of sp³-hybridized carbons (Fsp3) is 0.700. The molecule has 0 saturated carbocycles. The van der Waals surface area contributed by atoms with Gasteiger partial charge in [-0.1, -0.05) is 0 Å². The van der Waals surface area contributed by atoms with Gasteiger partial charge in [0, 0.05) is 18.4 Å². The van der Waals surface area contributed by atoms with Gasteiger partial charge in [0.15, 0.2) is 0 Å². The number of aliphatic hydroxyl groups excluding tert-OH is 1. The van der Waals surface area contributed by atoms with E-state index in [1.165, 1.54) is 0 Å². The Kier molecular flexibility index (Phi) is 4.47. The maximum absolute atomic E-state index is 8.73. The molecule has 15 heavy (non-hydrogen) atoms. The lowest BCUT2D eigenvalue weighted by molar-refractivity contribution is 0.296. The summed E-state index contributed by atoms with van der Waals surface area (Å²) in [5.74, 6) is 0.874. The molecule has 0 bridgehead atoms. The first-order valence-corrected chi connectivity index (χ1v) is 6.14. The highest BCUT2D eigenvalue weighted by atomic mass is 32.2. The molecule has 1 heterocycles. The Balaban J connectivity index is 2.83. The highest BCUT2D eigenvalue weighted by Gasteiger charge is 2.14. The molecule has 0 spiro atoms. The van der Waals surface area contributed by atoms with Gasteiger partial charge in [-0.05, 0) is 27.2 Å². The predicted octanol–water partition coefficient (Wildman–Crippen LogP) is 1.83. The number of hydrogen-bond acceptors (Lipinski definition) is 4. The average Bonchev–Trinajstić information content (AvgIpc) is 2.46. The first-order chi connectivity index (χ1) is 7.07. The molecule has 0 amide bonds. The molecule has 0 radical (unpaired) electrons. The lowest BCUT2D eigenvalue weighted by Crippen LogP contribution is -2.05. The molecule has 0 saturated heterocycles. The molecule has 3 N–H and O–H groups in total. The van der Waals surface area contributed by atoms with Crippen LogP contribution in [0, 0.1) is 6.92 Å². The third-order valence-corrected chi connectivity index (χ3v) is 3.29. The van der Waals surface area contributed by atoms with E-state index in [9.17, 15) is 0 Å². The maximum atomic E-state index is 8.73. The van der Waals surface area contributed by atoms with E-state index < -0.39 is 0 Å². The number of nitrogens with zero attached hydrogens (tertiary/aromatic N) is 2. The van der Waals surface area contributed by atoms with Crippen molar-refractivity contribution in [2.45, 2.75) is 38.3 Å². The van der Waals surface area contributed by atoms with Gasteiger partial charge in [-0.25, -0.2) is 0 Å². The number of nitrogens with two attached hydrogens (primary N) is 1. The third kappa shape index (κ3) is 2.89. The van der Waals surface area contributed by atoms with Crippen LogP contribution in [0.2, 0.25) is 0 Å². The van der Waals surface area contributed by atoms with E-state index in [0.29, 0.717) is 6.04 Å². The summed E-state index contributed by atoms with van der Waals surface area (Å²) in [6, 6.07) is 0.317. The zero-order chi connectivity index (χ0) is 11.4. The molecule has 0 fully saturated rings. The normalized spacial score (nSPS) is 11.3. The zero-order valence-electron chi connectivity index (χ0n) is 9.53. The molecule has 4 nitrogen and oxygen atoms in total. The summed E-state index contributed by atoms with van der Waals surface area (Å²) in [6.07, 6.45) is 0.784. The Morgan fingerprint density at radius 2 is 2.20 bits per heavy atom. The van der Waals surface area contributed by atoms with Crippen LogP contribution in [-0.2, 0) is 0 Å². The summed E-state index contributed by atoms with van der Waals surface area (Å²) in [5, 5.41) is 14.2. The van der Waals surface area contributed by atoms with Crippen molar-refractivity contribution in [3.63, 3.8) is 0 Å². The molecule has 86 valence electrons. The van der Waals surface area contributed by atoms with E-state index in [-0.39, 0.29) is 6.61 Å². The second-order valence-corrected chi connectivity index (χ2v) is 4.85. The molecule has 1 aromatic rings. The van der Waals surface area contributed by atoms with E-state index in [1.54, 1.807) is 11.8 Å². The Labute approximate surface area is 94.9 Å². The van der Waals surface area contributed by atoms with Gasteiger partial charge in [-0.15, -0.1) is 11.8 Å². The van der Waals surface area contributed by atoms with Crippen molar-refractivity contribution in [3.05, 3.63) is 5.69 Å². The van der Waals surface area contributed by atoms with Crippen LogP contribution in [0.15, 0.2) is 5.03 Å². The Bertz CT molecular complexity index is 323. The van der Waals surface area contributed by atoms with E-state index >= 15 is 0 Å². The molecule has 1 aromatic heterocycles. The van der Waals surface area contributed by atoms with E-state index in [4.69, 9.17) is 10.8 Å². The van der Waals surface area contributed by atoms with Crippen molar-refractivity contribution in [3.8, 4) is 0 Å². The van der Waals surface area contributed by atoms with Gasteiger partial charge in [-0.3, -0.25) is 4.68 Å². The number of nitrogen functional groups attached to an aromatic ring is 1. The molecule has 5 heteroatoms. The van der Waals surface area contributed by atoms with Crippen LogP contribution in [0.4, 0.5) is 5.69 Å². The topological polar surface area (TPSA) is 64.1 Å². The van der Waals surface area contributed by atoms with Crippen molar-refractivity contribution in [2.24, 2.45) is 0 Å². The van der Waals surface area contributed by atoms with Crippen LogP contribution in [0.3, 0.4) is 0 Å². The largest absolute Gasteiger partial charge is 0.396 e. The summed E-state index contributed by atoms with van der Waals surface area (Å²) in [6.45, 7) is 6.32. The van der Waals surface area contributed by atoms with Gasteiger partial charge >= 0.3 is 0 Å². The highest BCUT2D eigenvalue weighted by Crippen LogP contribution is 2.30. The number of aryl methyl sites for hydroxylation is 1. The summed E-state index contributed by atoms with van der Waals surface area (Å²) < 4.78 is 1.95. The van der Waals surface area contributed by atoms with Gasteiger partial charge in [0.25, 0.3) is 0 Å². The summed E-state index contributed by atoms with van der Waals surface area (Å²) in [7, 11) is 0. The Morgan fingerprint density at radius 1 is 1.53 bits per heavy atom. The summed E-state index contributed by atoms with van der Waals surface area (Å²) in [5.41, 5.74) is 7.61. The SMILES string of the molecule is Cc1nn(C(C)C)c(SCCCO)c1N. The van der Waals surface area contributed by atoms with Gasteiger partial charge in [-0.2, -0.15) is 5.10 Å². The molecule has 0 aromatic carbocycles. The number of aliphatic hydroxyl groups is 1. The minimum atomic E-state index is 0.224. The van der Waals surface area contributed by atoms with Gasteiger partial charge < -0.3 is 10.8 Å². The second-order valence-electron chi connectivity index (χ2n) is 3.77. The van der Waals surface area contributed by atoms with Crippen molar-refractivity contribution in [2.75, 3.05) is 18.1 Å². The smallest absolute Gasteiger partial charge is 0.118 e. The monoisotopic (exact) mass is 229 g/mol. The van der Waals surface area contributed by atoms with Gasteiger partial charge in [0.2, 0.25) is 0 Å². The zero-order valence-corrected chi connectivity index (χ0v) is 10.3. The van der Waals surface area contributed by atoms with E-state index in [0.717, 1.165) is 28.6 Å². The number of hydrogen-bond donors (Lipinski definition) is 2. The summed E-state index contributed by atoms with van der Waals surface area (Å²) >= 11 is 1.66. The van der Waals surface area contributed by atoms with Crippen LogP contribution in [0.25, 0.3) is 0 Å². The lowest BCUT2D eigenvalue weighted by atomic mass is 10.4. The fourth-order valence-electron chi connectivity index (χ4n) is 1.27. The summed E-state index contributed by atoms with van der Waals surface area (Å²) in [4.78, 5) is 0. The van der Waals surface area contributed by atoms with Crippen molar-refractivity contribution in [1.29, 1.82) is 0 Å². The average molecular weight is 229 g/mol. The van der Waals surface area contributed by atoms with Crippen LogP contribution in [0.1, 0.15) is 32.0 Å². The third-order valence-electron chi connectivity index (χ3n) is 2.12. The molecule has 1 rings (SSSR count). The van der Waals surface area contributed by atoms with Gasteiger partial charge in [0.05, 0.1) is 11.4 Å². The first kappa shape index (κ1) is 12.4. The minimum absolute atomic E-state index is 0.224. The molecule has 0 atom stereocenters. The fourth-order valence-corrected chi connectivity index (χ4v) is 2.42. The van der Waals surface area contributed by atoms with Crippen LogP contribution < -0.4 is 5.73 Å². The van der Waals surface area contributed by atoms with Crippen LogP contribution >= 0.6 is 11.8 Å². The molecule has 0 unspecified atom stereocenters. The van der Waals surface area contributed by atoms with Crippen molar-refractivity contribution < 1.29 is 5.11 Å². The molecular formula is C10H19N3OS. The van der Waals surface area contributed by atoms with Crippen LogP contribution in [-0.4, -0.2) is 27.2 Å². The predicted molar refractivity (Wildman–Crippen MR) is 64.2 cm³/mol. The number of rotatable bonds is 5. The lowest BCUT2D eigenvalue weighted by Gasteiger charge is -2.10. The maximum Gasteiger partial charge on any atom is 0.118 e. The van der Waals surface area contributed by atoms with Crippen LogP contribution in [0.5, 0.6) is 0 Å².